The van der Waals surface area contributed by atoms with Gasteiger partial charge < -0.3 is 25.1 Å². The molecule has 13 nitrogen and oxygen atoms in total. The number of hydrogen-bond donors (Lipinski definition) is 4. The van der Waals surface area contributed by atoms with E-state index in [0.717, 1.165) is 18.2 Å². The van der Waals surface area contributed by atoms with E-state index < -0.39 is 34.1 Å². The Morgan fingerprint density at radius 1 is 1.17 bits per heavy atom. The largest absolute Gasteiger partial charge is 0.480 e. The van der Waals surface area contributed by atoms with Gasteiger partial charge in [0.15, 0.2) is 5.89 Å². The van der Waals surface area contributed by atoms with Crippen molar-refractivity contribution in [2.45, 2.75) is 45.2 Å². The number of urea groups is 1. The van der Waals surface area contributed by atoms with Gasteiger partial charge in [-0.2, -0.15) is 0 Å². The van der Waals surface area contributed by atoms with Gasteiger partial charge in [-0.05, 0) is 43.0 Å². The van der Waals surface area contributed by atoms with E-state index >= 15 is 0 Å². The van der Waals surface area contributed by atoms with Crippen LogP contribution < -0.4 is 15.4 Å². The standard InChI is InChI=1S/C27H32N6O7S/c1-16-6-4-5-7-20(16)31-27(37)29-19-9-8-18(28-14-19)12-24(34)33-11-10-17(2)25(33)22-15-40-23(30-22)13-21(26(35)36)32-41(3,38)39/h4-9,14-15,17,21,25,32H,10-13H2,1-3H3,(H,35,36)(H2,29,31,37). The van der Waals surface area contributed by atoms with Crippen LogP contribution >= 0.6 is 0 Å². The van der Waals surface area contributed by atoms with Crippen LogP contribution in [0.25, 0.3) is 0 Å². The Hall–Kier alpha value is -4.30. The maximum Gasteiger partial charge on any atom is 0.323 e. The lowest BCUT2D eigenvalue weighted by atomic mass is 10.0. The summed E-state index contributed by atoms with van der Waals surface area (Å²) in [6, 6.07) is 8.51. The minimum absolute atomic E-state index is 0.0307. The molecule has 2 aromatic heterocycles. The fraction of sp³-hybridized carbons (Fsp3) is 0.370. The van der Waals surface area contributed by atoms with Crippen LogP contribution in [-0.2, 0) is 32.5 Å². The predicted molar refractivity (Wildman–Crippen MR) is 150 cm³/mol. The Labute approximate surface area is 237 Å². The number of aromatic nitrogens is 2. The lowest BCUT2D eigenvalue weighted by Crippen LogP contribution is -2.41. The van der Waals surface area contributed by atoms with Gasteiger partial charge in [-0.1, -0.05) is 25.1 Å². The molecule has 0 aliphatic carbocycles. The van der Waals surface area contributed by atoms with Gasteiger partial charge in [0.25, 0.3) is 0 Å². The summed E-state index contributed by atoms with van der Waals surface area (Å²) in [6.07, 6.45) is 4.21. The highest BCUT2D eigenvalue weighted by Crippen LogP contribution is 2.37. The van der Waals surface area contributed by atoms with Crippen molar-refractivity contribution in [2.75, 3.05) is 23.4 Å². The number of hydrogen-bond acceptors (Lipinski definition) is 8. The van der Waals surface area contributed by atoms with E-state index in [1.807, 2.05) is 36.8 Å². The van der Waals surface area contributed by atoms with Crippen LogP contribution in [-0.4, -0.2) is 65.1 Å². The van der Waals surface area contributed by atoms with Gasteiger partial charge in [0.05, 0.1) is 37.0 Å². The fourth-order valence-corrected chi connectivity index (χ4v) is 5.40. The third-order valence-electron chi connectivity index (χ3n) is 6.73. The minimum Gasteiger partial charge on any atom is -0.480 e. The molecule has 4 N–H and O–H groups in total. The van der Waals surface area contributed by atoms with Crippen LogP contribution in [0.5, 0.6) is 0 Å². The Morgan fingerprint density at radius 3 is 2.59 bits per heavy atom. The lowest BCUT2D eigenvalue weighted by Gasteiger charge is -2.25. The number of para-hydroxylation sites is 1. The molecule has 0 spiro atoms. The summed E-state index contributed by atoms with van der Waals surface area (Å²) in [5.41, 5.74) is 3.09. The van der Waals surface area contributed by atoms with Crippen molar-refractivity contribution in [3.8, 4) is 0 Å². The Kier molecular flexibility index (Phi) is 9.03. The Bertz CT molecular complexity index is 1520. The average molecular weight is 585 g/mol. The normalized spacial score (nSPS) is 17.7. The number of carboxylic acid groups (broad SMARTS) is 1. The first-order chi connectivity index (χ1) is 19.4. The Morgan fingerprint density at radius 2 is 1.93 bits per heavy atom. The minimum atomic E-state index is -3.76. The van der Waals surface area contributed by atoms with Gasteiger partial charge >= 0.3 is 12.0 Å². The van der Waals surface area contributed by atoms with E-state index in [0.29, 0.717) is 29.3 Å². The van der Waals surface area contributed by atoms with Crippen LogP contribution in [0.3, 0.4) is 0 Å². The van der Waals surface area contributed by atoms with E-state index in [9.17, 15) is 27.9 Å². The number of aryl methyl sites for hydroxylation is 1. The van der Waals surface area contributed by atoms with Crippen LogP contribution in [0.1, 0.15) is 42.2 Å². The third-order valence-corrected chi connectivity index (χ3v) is 7.45. The number of anilines is 2. The molecule has 1 aliphatic rings. The number of carbonyl (C=O) groups excluding carboxylic acids is 2. The van der Waals surface area contributed by atoms with Crippen LogP contribution in [0, 0.1) is 12.8 Å². The molecule has 14 heteroatoms. The number of nitrogens with zero attached hydrogens (tertiary/aromatic N) is 3. The molecule has 0 bridgehead atoms. The van der Waals surface area contributed by atoms with Crippen molar-refractivity contribution in [2.24, 2.45) is 5.92 Å². The summed E-state index contributed by atoms with van der Waals surface area (Å²) in [6.45, 7) is 4.38. The molecule has 41 heavy (non-hydrogen) atoms. The lowest BCUT2D eigenvalue weighted by molar-refractivity contribution is -0.139. The maximum absolute atomic E-state index is 13.3. The second-order valence-electron chi connectivity index (χ2n) is 10.1. The zero-order valence-corrected chi connectivity index (χ0v) is 23.6. The molecule has 3 amide bonds. The van der Waals surface area contributed by atoms with Crippen molar-refractivity contribution in [1.82, 2.24) is 19.6 Å². The smallest absolute Gasteiger partial charge is 0.323 e. The summed E-state index contributed by atoms with van der Waals surface area (Å²) < 4.78 is 30.5. The van der Waals surface area contributed by atoms with Gasteiger partial charge in [-0.15, -0.1) is 0 Å². The van der Waals surface area contributed by atoms with E-state index in [-0.39, 0.29) is 30.6 Å². The van der Waals surface area contributed by atoms with E-state index in [4.69, 9.17) is 4.42 Å². The molecule has 218 valence electrons. The van der Waals surface area contributed by atoms with Gasteiger partial charge in [-0.25, -0.2) is 22.9 Å². The number of carboxylic acids is 1. The first kappa shape index (κ1) is 29.7. The molecule has 0 radical (unpaired) electrons. The topological polar surface area (TPSA) is 184 Å². The molecule has 1 fully saturated rings. The predicted octanol–water partition coefficient (Wildman–Crippen LogP) is 2.72. The monoisotopic (exact) mass is 584 g/mol. The van der Waals surface area contributed by atoms with Gasteiger partial charge in [0.1, 0.15) is 18.0 Å². The highest BCUT2D eigenvalue weighted by molar-refractivity contribution is 7.88. The number of likely N-dealkylation sites (tertiary alicyclic amines) is 1. The highest BCUT2D eigenvalue weighted by atomic mass is 32.2. The number of amides is 3. The fourth-order valence-electron chi connectivity index (χ4n) is 4.70. The molecular formula is C27H32N6O7S. The number of oxazole rings is 1. The van der Waals surface area contributed by atoms with Crippen LogP contribution in [0.2, 0.25) is 0 Å². The molecule has 3 unspecified atom stereocenters. The molecule has 4 rings (SSSR count). The number of nitrogens with one attached hydrogen (secondary N) is 3. The number of sulfonamides is 1. The second kappa shape index (κ2) is 12.5. The SMILES string of the molecule is Cc1ccccc1NC(=O)Nc1ccc(CC(=O)N2CCC(C)C2c2coc(CC(NS(C)(=O)=O)C(=O)O)n2)nc1. The molecule has 0 saturated carbocycles. The molecule has 1 aliphatic heterocycles. The molecule has 3 heterocycles. The highest BCUT2D eigenvalue weighted by Gasteiger charge is 2.38. The van der Waals surface area contributed by atoms with Crippen LogP contribution in [0.4, 0.5) is 16.2 Å². The quantitative estimate of drug-likeness (QED) is 0.278. The van der Waals surface area contributed by atoms with E-state index in [1.165, 1.54) is 12.5 Å². The molecule has 3 atom stereocenters. The van der Waals surface area contributed by atoms with Crippen molar-refractivity contribution >= 4 is 39.3 Å². The van der Waals surface area contributed by atoms with Gasteiger partial charge in [-0.3, -0.25) is 14.6 Å². The summed E-state index contributed by atoms with van der Waals surface area (Å²) in [4.78, 5) is 47.5. The third kappa shape index (κ3) is 7.89. The molecule has 3 aromatic rings. The number of aliphatic carboxylic acids is 1. The molecular weight excluding hydrogens is 552 g/mol. The molecule has 1 aromatic carbocycles. The zero-order chi connectivity index (χ0) is 29.7. The number of benzene rings is 1. The van der Waals surface area contributed by atoms with Gasteiger partial charge in [0, 0.05) is 17.9 Å². The summed E-state index contributed by atoms with van der Waals surface area (Å²) in [7, 11) is -3.76. The van der Waals surface area contributed by atoms with Gasteiger partial charge in [0.2, 0.25) is 15.9 Å². The number of carbonyl (C=O) groups is 3. The zero-order valence-electron chi connectivity index (χ0n) is 22.8. The van der Waals surface area contributed by atoms with Crippen molar-refractivity contribution in [1.29, 1.82) is 0 Å². The second-order valence-corrected chi connectivity index (χ2v) is 11.8. The summed E-state index contributed by atoms with van der Waals surface area (Å²) >= 11 is 0. The number of rotatable bonds is 10. The number of pyridine rings is 1. The summed E-state index contributed by atoms with van der Waals surface area (Å²) in [5.74, 6) is -1.42. The van der Waals surface area contributed by atoms with Crippen molar-refractivity contribution in [3.05, 3.63) is 71.7 Å². The first-order valence-corrected chi connectivity index (χ1v) is 14.8. The Balaban J connectivity index is 1.37. The van der Waals surface area contributed by atoms with Crippen molar-refractivity contribution in [3.63, 3.8) is 0 Å². The summed E-state index contributed by atoms with van der Waals surface area (Å²) in [5, 5.41) is 14.9. The van der Waals surface area contributed by atoms with Crippen LogP contribution in [0.15, 0.2) is 53.3 Å². The maximum atomic E-state index is 13.3. The average Bonchev–Trinajstić information content (AvgIpc) is 3.51. The molecule has 1 saturated heterocycles. The first-order valence-electron chi connectivity index (χ1n) is 12.9. The van der Waals surface area contributed by atoms with Crippen molar-refractivity contribution < 1.29 is 32.3 Å². The van der Waals surface area contributed by atoms with E-state index in [2.05, 4.69) is 20.6 Å². The van der Waals surface area contributed by atoms with E-state index in [1.54, 1.807) is 23.1 Å².